The summed E-state index contributed by atoms with van der Waals surface area (Å²) in [5.74, 6) is 0. The maximum Gasteiger partial charge on any atom is 0.0257 e. The first-order valence-corrected chi connectivity index (χ1v) is 7.26. The number of aryl methyl sites for hydroxylation is 1. The predicted molar refractivity (Wildman–Crippen MR) is 75.3 cm³/mol. The van der Waals surface area contributed by atoms with Crippen molar-refractivity contribution in [3.05, 3.63) is 29.8 Å². The number of nitrogens with one attached hydrogen (secondary N) is 2. The Kier molecular flexibility index (Phi) is 4.89. The van der Waals surface area contributed by atoms with Gasteiger partial charge in [-0.05, 0) is 56.8 Å². The van der Waals surface area contributed by atoms with E-state index in [4.69, 9.17) is 0 Å². The Balaban J connectivity index is 1.84. The molecule has 0 saturated heterocycles. The first-order chi connectivity index (χ1) is 8.29. The summed E-state index contributed by atoms with van der Waals surface area (Å²) >= 11 is 1.79. The van der Waals surface area contributed by atoms with Crippen LogP contribution in [-0.2, 0) is 0 Å². The van der Waals surface area contributed by atoms with Crippen molar-refractivity contribution in [1.82, 2.24) is 10.0 Å². The van der Waals surface area contributed by atoms with Crippen LogP contribution in [0.3, 0.4) is 0 Å². The molecular formula is C14H22N2S. The average molecular weight is 250 g/mol. The summed E-state index contributed by atoms with van der Waals surface area (Å²) in [6.45, 7) is 2.17. The highest BCUT2D eigenvalue weighted by Crippen LogP contribution is 2.24. The molecule has 1 aromatic carbocycles. The average Bonchev–Trinajstić information content (AvgIpc) is 2.38. The topological polar surface area (TPSA) is 24.1 Å². The molecule has 2 N–H and O–H groups in total. The summed E-state index contributed by atoms with van der Waals surface area (Å²) in [5, 5.41) is 3.39. The van der Waals surface area contributed by atoms with Gasteiger partial charge < -0.3 is 5.32 Å². The van der Waals surface area contributed by atoms with Crippen LogP contribution in [0.25, 0.3) is 0 Å². The van der Waals surface area contributed by atoms with Crippen molar-refractivity contribution < 1.29 is 0 Å². The highest BCUT2D eigenvalue weighted by Gasteiger charge is 2.20. The lowest BCUT2D eigenvalue weighted by molar-refractivity contribution is 0.344. The van der Waals surface area contributed by atoms with E-state index in [9.17, 15) is 0 Å². The largest absolute Gasteiger partial charge is 0.317 e. The van der Waals surface area contributed by atoms with Gasteiger partial charge in [-0.25, -0.2) is 0 Å². The number of rotatable bonds is 4. The molecule has 2 atom stereocenters. The van der Waals surface area contributed by atoms with Crippen LogP contribution in [0.2, 0.25) is 0 Å². The first kappa shape index (κ1) is 12.9. The maximum atomic E-state index is 3.62. The van der Waals surface area contributed by atoms with Crippen molar-refractivity contribution in [3.8, 4) is 0 Å². The van der Waals surface area contributed by atoms with Crippen molar-refractivity contribution in [2.24, 2.45) is 0 Å². The van der Waals surface area contributed by atoms with E-state index >= 15 is 0 Å². The van der Waals surface area contributed by atoms with Crippen LogP contribution in [0.15, 0.2) is 29.2 Å². The van der Waals surface area contributed by atoms with Crippen molar-refractivity contribution in [3.63, 3.8) is 0 Å². The van der Waals surface area contributed by atoms with Gasteiger partial charge in [0, 0.05) is 17.0 Å². The lowest BCUT2D eigenvalue weighted by atomic mass is 9.92. The molecule has 17 heavy (non-hydrogen) atoms. The lowest BCUT2D eigenvalue weighted by Gasteiger charge is -2.29. The quantitative estimate of drug-likeness (QED) is 0.803. The SMILES string of the molecule is CNC1CCCC(NSc2ccccc2C)C1. The normalized spacial score (nSPS) is 24.8. The second-order valence-electron chi connectivity index (χ2n) is 4.83. The molecule has 2 rings (SSSR count). The summed E-state index contributed by atoms with van der Waals surface area (Å²) in [4.78, 5) is 1.35. The molecule has 0 amide bonds. The number of hydrogen-bond acceptors (Lipinski definition) is 3. The van der Waals surface area contributed by atoms with E-state index in [0.717, 1.165) is 0 Å². The van der Waals surface area contributed by atoms with E-state index in [2.05, 4.69) is 48.3 Å². The molecular weight excluding hydrogens is 228 g/mol. The van der Waals surface area contributed by atoms with Crippen LogP contribution < -0.4 is 10.0 Å². The first-order valence-electron chi connectivity index (χ1n) is 6.45. The molecule has 1 aromatic rings. The predicted octanol–water partition coefficient (Wildman–Crippen LogP) is 3.12. The zero-order chi connectivity index (χ0) is 12.1. The highest BCUT2D eigenvalue weighted by molar-refractivity contribution is 7.97. The Hall–Kier alpha value is -0.510. The summed E-state index contributed by atoms with van der Waals surface area (Å²) in [7, 11) is 2.07. The molecule has 0 aromatic heterocycles. The van der Waals surface area contributed by atoms with E-state index in [0.29, 0.717) is 12.1 Å². The standard InChI is InChI=1S/C14H22N2S/c1-11-6-3-4-9-14(11)17-16-13-8-5-7-12(10-13)15-2/h3-4,6,9,12-13,15-16H,5,7-8,10H2,1-2H3. The van der Waals surface area contributed by atoms with Gasteiger partial charge in [0.1, 0.15) is 0 Å². The van der Waals surface area contributed by atoms with Crippen LogP contribution in [0.4, 0.5) is 0 Å². The zero-order valence-corrected chi connectivity index (χ0v) is 11.5. The Morgan fingerprint density at radius 1 is 1.18 bits per heavy atom. The molecule has 2 unspecified atom stereocenters. The molecule has 0 bridgehead atoms. The van der Waals surface area contributed by atoms with Gasteiger partial charge in [-0.3, -0.25) is 4.72 Å². The van der Waals surface area contributed by atoms with Gasteiger partial charge in [0.15, 0.2) is 0 Å². The molecule has 1 aliphatic rings. The van der Waals surface area contributed by atoms with Gasteiger partial charge in [0.05, 0.1) is 0 Å². The Morgan fingerprint density at radius 3 is 2.71 bits per heavy atom. The molecule has 0 spiro atoms. The monoisotopic (exact) mass is 250 g/mol. The van der Waals surface area contributed by atoms with E-state index in [-0.39, 0.29) is 0 Å². The molecule has 1 aliphatic carbocycles. The molecule has 1 fully saturated rings. The second-order valence-corrected chi connectivity index (χ2v) is 5.71. The minimum absolute atomic E-state index is 0.644. The minimum Gasteiger partial charge on any atom is -0.317 e. The van der Waals surface area contributed by atoms with Crippen LogP contribution in [0.1, 0.15) is 31.2 Å². The van der Waals surface area contributed by atoms with Crippen molar-refractivity contribution in [1.29, 1.82) is 0 Å². The van der Waals surface area contributed by atoms with Crippen LogP contribution in [0, 0.1) is 6.92 Å². The van der Waals surface area contributed by atoms with Crippen LogP contribution in [-0.4, -0.2) is 19.1 Å². The van der Waals surface area contributed by atoms with E-state index in [1.807, 2.05) is 0 Å². The smallest absolute Gasteiger partial charge is 0.0257 e. The summed E-state index contributed by atoms with van der Waals surface area (Å²) in [6.07, 6.45) is 5.20. The number of benzene rings is 1. The van der Waals surface area contributed by atoms with Crippen molar-refractivity contribution >= 4 is 11.9 Å². The van der Waals surface area contributed by atoms with Crippen molar-refractivity contribution in [2.75, 3.05) is 7.05 Å². The van der Waals surface area contributed by atoms with E-state index in [1.165, 1.54) is 36.1 Å². The third-order valence-electron chi connectivity index (χ3n) is 3.51. The van der Waals surface area contributed by atoms with Gasteiger partial charge in [0.2, 0.25) is 0 Å². The van der Waals surface area contributed by atoms with Gasteiger partial charge in [-0.2, -0.15) is 0 Å². The molecule has 1 saturated carbocycles. The second kappa shape index (κ2) is 6.43. The van der Waals surface area contributed by atoms with Gasteiger partial charge in [-0.15, -0.1) is 0 Å². The van der Waals surface area contributed by atoms with Crippen LogP contribution >= 0.6 is 11.9 Å². The summed E-state index contributed by atoms with van der Waals surface area (Å²) in [5.41, 5.74) is 1.35. The molecule has 0 radical (unpaired) electrons. The minimum atomic E-state index is 0.644. The Bertz CT molecular complexity index is 354. The Labute approximate surface area is 109 Å². The summed E-state index contributed by atoms with van der Waals surface area (Å²) < 4.78 is 3.62. The third kappa shape index (κ3) is 3.73. The van der Waals surface area contributed by atoms with Gasteiger partial charge in [0.25, 0.3) is 0 Å². The molecule has 3 heteroatoms. The fourth-order valence-corrected chi connectivity index (χ4v) is 3.26. The maximum absolute atomic E-state index is 3.62. The Morgan fingerprint density at radius 2 is 1.94 bits per heavy atom. The van der Waals surface area contributed by atoms with Gasteiger partial charge >= 0.3 is 0 Å². The zero-order valence-electron chi connectivity index (χ0n) is 10.7. The number of hydrogen-bond donors (Lipinski definition) is 2. The fourth-order valence-electron chi connectivity index (χ4n) is 2.38. The lowest BCUT2D eigenvalue weighted by Crippen LogP contribution is -2.38. The van der Waals surface area contributed by atoms with Gasteiger partial charge in [-0.1, -0.05) is 24.6 Å². The third-order valence-corrected chi connectivity index (χ3v) is 4.64. The molecule has 0 aliphatic heterocycles. The van der Waals surface area contributed by atoms with Crippen molar-refractivity contribution in [2.45, 2.75) is 49.6 Å². The molecule has 0 heterocycles. The molecule has 94 valence electrons. The molecule has 2 nitrogen and oxygen atoms in total. The van der Waals surface area contributed by atoms with E-state index < -0.39 is 0 Å². The fraction of sp³-hybridized carbons (Fsp3) is 0.571. The van der Waals surface area contributed by atoms with Crippen LogP contribution in [0.5, 0.6) is 0 Å². The highest BCUT2D eigenvalue weighted by atomic mass is 32.2. The summed E-state index contributed by atoms with van der Waals surface area (Å²) in [6, 6.07) is 9.89. The van der Waals surface area contributed by atoms with E-state index in [1.54, 1.807) is 11.9 Å².